The van der Waals surface area contributed by atoms with Crippen LogP contribution in [0.4, 0.5) is 18.9 Å². The number of rotatable bonds is 10. The van der Waals surface area contributed by atoms with Crippen LogP contribution in [0.2, 0.25) is 0 Å². The number of nitrogens with one attached hydrogen (secondary N) is 1. The zero-order valence-corrected chi connectivity index (χ0v) is 13.0. The van der Waals surface area contributed by atoms with Crippen LogP contribution in [0, 0.1) is 17.5 Å². The van der Waals surface area contributed by atoms with Gasteiger partial charge < -0.3 is 5.32 Å². The minimum atomic E-state index is -1.40. The summed E-state index contributed by atoms with van der Waals surface area (Å²) in [5.74, 6) is -3.67. The van der Waals surface area contributed by atoms with E-state index in [0.717, 1.165) is 57.4 Å². The summed E-state index contributed by atoms with van der Waals surface area (Å²) in [6, 6.07) is 2.36. The molecule has 0 fully saturated rings. The van der Waals surface area contributed by atoms with Gasteiger partial charge in [-0.25, -0.2) is 13.2 Å². The molecule has 0 unspecified atom stereocenters. The van der Waals surface area contributed by atoms with Crippen LogP contribution in [0.1, 0.15) is 65.2 Å². The Morgan fingerprint density at radius 3 is 1.95 bits per heavy atom. The lowest BCUT2D eigenvalue weighted by molar-refractivity contribution is 0.446. The normalized spacial score (nSPS) is 11.1. The summed E-state index contributed by atoms with van der Waals surface area (Å²) in [4.78, 5) is 0. The maximum absolute atomic E-state index is 13.7. The molecule has 1 aromatic rings. The standard InChI is InChI=1S/C17H26F3N/c1-3-5-7-9-13(10-8-6-4-2)21-15-12-11-14(18)16(19)17(15)20/h11-13,21H,3-10H2,1-2H3. The van der Waals surface area contributed by atoms with Crippen LogP contribution >= 0.6 is 0 Å². The molecule has 0 spiro atoms. The zero-order valence-electron chi connectivity index (χ0n) is 13.0. The third kappa shape index (κ3) is 5.98. The van der Waals surface area contributed by atoms with E-state index in [9.17, 15) is 13.2 Å². The van der Waals surface area contributed by atoms with Crippen molar-refractivity contribution in [3.8, 4) is 0 Å². The molecule has 1 N–H and O–H groups in total. The van der Waals surface area contributed by atoms with E-state index >= 15 is 0 Å². The van der Waals surface area contributed by atoms with Crippen molar-refractivity contribution in [1.82, 2.24) is 0 Å². The minimum absolute atomic E-state index is 0.0619. The number of halogens is 3. The summed E-state index contributed by atoms with van der Waals surface area (Å²) in [5.41, 5.74) is 0.0619. The molecule has 1 nitrogen and oxygen atoms in total. The topological polar surface area (TPSA) is 12.0 Å². The van der Waals surface area contributed by atoms with Crippen LogP contribution < -0.4 is 5.32 Å². The molecule has 0 aliphatic rings. The van der Waals surface area contributed by atoms with Crippen molar-refractivity contribution in [3.05, 3.63) is 29.6 Å². The number of hydrogen-bond acceptors (Lipinski definition) is 1. The molecule has 0 saturated carbocycles. The van der Waals surface area contributed by atoms with Crippen molar-refractivity contribution in [2.24, 2.45) is 0 Å². The Hall–Kier alpha value is -1.19. The van der Waals surface area contributed by atoms with E-state index in [4.69, 9.17) is 0 Å². The number of anilines is 1. The molecule has 0 aliphatic heterocycles. The monoisotopic (exact) mass is 301 g/mol. The molecule has 21 heavy (non-hydrogen) atoms. The van der Waals surface area contributed by atoms with Gasteiger partial charge in [-0.2, -0.15) is 0 Å². The van der Waals surface area contributed by atoms with E-state index in [2.05, 4.69) is 19.2 Å². The van der Waals surface area contributed by atoms with Gasteiger partial charge in [-0.1, -0.05) is 52.4 Å². The fourth-order valence-corrected chi connectivity index (χ4v) is 2.43. The molecular formula is C17H26F3N. The Labute approximate surface area is 125 Å². The van der Waals surface area contributed by atoms with Gasteiger partial charge in [0.2, 0.25) is 0 Å². The quantitative estimate of drug-likeness (QED) is 0.410. The van der Waals surface area contributed by atoms with Crippen LogP contribution in [-0.2, 0) is 0 Å². The SMILES string of the molecule is CCCCCC(CCCCC)Nc1ccc(F)c(F)c1F. The van der Waals surface area contributed by atoms with Crippen LogP contribution in [0.5, 0.6) is 0 Å². The van der Waals surface area contributed by atoms with E-state index in [-0.39, 0.29) is 11.7 Å². The molecule has 0 bridgehead atoms. The molecule has 0 aliphatic carbocycles. The predicted octanol–water partition coefficient (Wildman–Crippen LogP) is 6.05. The Balaban J connectivity index is 2.67. The number of unbranched alkanes of at least 4 members (excludes halogenated alkanes) is 4. The smallest absolute Gasteiger partial charge is 0.196 e. The van der Waals surface area contributed by atoms with Crippen LogP contribution in [0.3, 0.4) is 0 Å². The first-order valence-electron chi connectivity index (χ1n) is 8.00. The maximum Gasteiger partial charge on any atom is 0.196 e. The lowest BCUT2D eigenvalue weighted by Gasteiger charge is -2.20. The number of benzene rings is 1. The van der Waals surface area contributed by atoms with Gasteiger partial charge in [0.1, 0.15) is 0 Å². The highest BCUT2D eigenvalue weighted by Gasteiger charge is 2.16. The maximum atomic E-state index is 13.7. The van der Waals surface area contributed by atoms with Crippen LogP contribution in [-0.4, -0.2) is 6.04 Å². The second-order valence-electron chi connectivity index (χ2n) is 5.56. The van der Waals surface area contributed by atoms with Gasteiger partial charge in [0.05, 0.1) is 5.69 Å². The van der Waals surface area contributed by atoms with Crippen molar-refractivity contribution in [1.29, 1.82) is 0 Å². The molecular weight excluding hydrogens is 275 g/mol. The average molecular weight is 301 g/mol. The lowest BCUT2D eigenvalue weighted by atomic mass is 10.0. The second kappa shape index (κ2) is 9.69. The highest BCUT2D eigenvalue weighted by Crippen LogP contribution is 2.23. The first-order chi connectivity index (χ1) is 10.1. The first kappa shape index (κ1) is 17.9. The van der Waals surface area contributed by atoms with E-state index in [1.165, 1.54) is 6.07 Å². The third-order valence-corrected chi connectivity index (χ3v) is 3.71. The highest BCUT2D eigenvalue weighted by molar-refractivity contribution is 5.46. The molecule has 0 atom stereocenters. The largest absolute Gasteiger partial charge is 0.380 e. The fourth-order valence-electron chi connectivity index (χ4n) is 2.43. The molecule has 0 saturated heterocycles. The zero-order chi connectivity index (χ0) is 15.7. The van der Waals surface area contributed by atoms with Crippen molar-refractivity contribution in [3.63, 3.8) is 0 Å². The second-order valence-corrected chi connectivity index (χ2v) is 5.56. The summed E-state index contributed by atoms with van der Waals surface area (Å²) in [7, 11) is 0. The lowest BCUT2D eigenvalue weighted by Crippen LogP contribution is -2.20. The Kier molecular flexibility index (Phi) is 8.24. The average Bonchev–Trinajstić information content (AvgIpc) is 2.48. The molecule has 0 aromatic heterocycles. The van der Waals surface area contributed by atoms with Gasteiger partial charge in [-0.3, -0.25) is 0 Å². The van der Waals surface area contributed by atoms with E-state index in [1.54, 1.807) is 0 Å². The van der Waals surface area contributed by atoms with Crippen LogP contribution in [0.15, 0.2) is 12.1 Å². The summed E-state index contributed by atoms with van der Waals surface area (Å²) in [6.07, 6.45) is 8.49. The Morgan fingerprint density at radius 1 is 0.857 bits per heavy atom. The molecule has 120 valence electrons. The molecule has 0 heterocycles. The minimum Gasteiger partial charge on any atom is -0.380 e. The Morgan fingerprint density at radius 2 is 1.43 bits per heavy atom. The molecule has 0 amide bonds. The van der Waals surface area contributed by atoms with Crippen molar-refractivity contribution in [2.45, 2.75) is 71.3 Å². The molecule has 4 heteroatoms. The van der Waals surface area contributed by atoms with E-state index in [1.807, 2.05) is 0 Å². The number of hydrogen-bond donors (Lipinski definition) is 1. The van der Waals surface area contributed by atoms with Gasteiger partial charge in [0.25, 0.3) is 0 Å². The third-order valence-electron chi connectivity index (χ3n) is 3.71. The van der Waals surface area contributed by atoms with Crippen molar-refractivity contribution < 1.29 is 13.2 Å². The summed E-state index contributed by atoms with van der Waals surface area (Å²) in [5, 5.41) is 3.05. The highest BCUT2D eigenvalue weighted by atomic mass is 19.2. The van der Waals surface area contributed by atoms with Gasteiger partial charge >= 0.3 is 0 Å². The van der Waals surface area contributed by atoms with E-state index < -0.39 is 17.5 Å². The molecule has 1 aromatic carbocycles. The summed E-state index contributed by atoms with van der Waals surface area (Å²) >= 11 is 0. The first-order valence-corrected chi connectivity index (χ1v) is 8.00. The predicted molar refractivity (Wildman–Crippen MR) is 82.0 cm³/mol. The Bertz CT molecular complexity index is 411. The van der Waals surface area contributed by atoms with Gasteiger partial charge in [0.15, 0.2) is 17.5 Å². The van der Waals surface area contributed by atoms with Gasteiger partial charge in [-0.05, 0) is 25.0 Å². The van der Waals surface area contributed by atoms with Gasteiger partial charge in [0, 0.05) is 6.04 Å². The fraction of sp³-hybridized carbons (Fsp3) is 0.647. The van der Waals surface area contributed by atoms with Crippen LogP contribution in [0.25, 0.3) is 0 Å². The van der Waals surface area contributed by atoms with Gasteiger partial charge in [-0.15, -0.1) is 0 Å². The van der Waals surface area contributed by atoms with Crippen molar-refractivity contribution >= 4 is 5.69 Å². The van der Waals surface area contributed by atoms with Crippen molar-refractivity contribution in [2.75, 3.05) is 5.32 Å². The molecule has 1 rings (SSSR count). The summed E-state index contributed by atoms with van der Waals surface area (Å²) in [6.45, 7) is 4.27. The van der Waals surface area contributed by atoms with E-state index in [0.29, 0.717) is 0 Å². The summed E-state index contributed by atoms with van der Waals surface area (Å²) < 4.78 is 39.9. The molecule has 0 radical (unpaired) electrons.